The van der Waals surface area contributed by atoms with Crippen molar-refractivity contribution in [1.82, 2.24) is 9.80 Å². The fraction of sp³-hybridized carbons (Fsp3) is 0.643. The Kier molecular flexibility index (Phi) is 9.44. The second-order valence-corrected chi connectivity index (χ2v) is 4.15. The van der Waals surface area contributed by atoms with Gasteiger partial charge in [0.15, 0.2) is 0 Å². The van der Waals surface area contributed by atoms with Gasteiger partial charge >= 0.3 is 0 Å². The topological polar surface area (TPSA) is 23.6 Å². The lowest BCUT2D eigenvalue weighted by atomic mass is 10.3. The molecule has 0 radical (unpaired) electrons. The lowest BCUT2D eigenvalue weighted by Crippen LogP contribution is -2.41. The molecule has 0 N–H and O–H groups in total. The van der Waals surface area contributed by atoms with Crippen LogP contribution in [0.1, 0.15) is 26.7 Å². The molecule has 0 saturated carbocycles. The third kappa shape index (κ3) is 6.95. The van der Waals surface area contributed by atoms with Gasteiger partial charge in [0.25, 0.3) is 0 Å². The van der Waals surface area contributed by atoms with Gasteiger partial charge in [-0.2, -0.15) is 0 Å². The van der Waals surface area contributed by atoms with Gasteiger partial charge in [-0.1, -0.05) is 26.0 Å². The Morgan fingerprint density at radius 3 is 1.88 bits per heavy atom. The first kappa shape index (κ1) is 15.9. The summed E-state index contributed by atoms with van der Waals surface area (Å²) in [5.74, 6) is 0.206. The van der Waals surface area contributed by atoms with E-state index in [0.29, 0.717) is 6.54 Å². The first-order valence-electron chi connectivity index (χ1n) is 6.41. The largest absolute Gasteiger partial charge is 0.342 e. The van der Waals surface area contributed by atoms with Crippen molar-refractivity contribution in [2.75, 3.05) is 32.7 Å². The number of rotatable bonds is 10. The molecule has 0 aliphatic heterocycles. The van der Waals surface area contributed by atoms with Gasteiger partial charge in [-0.05, 0) is 12.8 Å². The molecule has 0 aliphatic rings. The third-order valence-electron chi connectivity index (χ3n) is 2.47. The molecule has 0 fully saturated rings. The lowest BCUT2D eigenvalue weighted by molar-refractivity contribution is -0.132. The minimum atomic E-state index is 0.206. The molecule has 0 heterocycles. The maximum absolute atomic E-state index is 12.1. The van der Waals surface area contributed by atoms with Crippen molar-refractivity contribution in [3.05, 3.63) is 25.3 Å². The highest BCUT2D eigenvalue weighted by molar-refractivity contribution is 5.78. The Morgan fingerprint density at radius 1 is 1.06 bits per heavy atom. The first-order chi connectivity index (χ1) is 8.19. The van der Waals surface area contributed by atoms with Gasteiger partial charge < -0.3 is 4.90 Å². The normalized spacial score (nSPS) is 10.3. The maximum atomic E-state index is 12.1. The van der Waals surface area contributed by atoms with E-state index >= 15 is 0 Å². The van der Waals surface area contributed by atoms with Gasteiger partial charge in [-0.15, -0.1) is 13.2 Å². The number of carbonyl (C=O) groups excluding carboxylic acids is 1. The van der Waals surface area contributed by atoms with Crippen molar-refractivity contribution < 1.29 is 4.79 Å². The van der Waals surface area contributed by atoms with Crippen LogP contribution in [0, 0.1) is 0 Å². The summed E-state index contributed by atoms with van der Waals surface area (Å²) in [5.41, 5.74) is 0. The van der Waals surface area contributed by atoms with E-state index in [-0.39, 0.29) is 5.91 Å². The van der Waals surface area contributed by atoms with Gasteiger partial charge in [0.05, 0.1) is 6.54 Å². The van der Waals surface area contributed by atoms with Gasteiger partial charge in [-0.25, -0.2) is 0 Å². The first-order valence-corrected chi connectivity index (χ1v) is 6.41. The molecule has 0 aromatic heterocycles. The van der Waals surface area contributed by atoms with Crippen LogP contribution in [-0.4, -0.2) is 48.4 Å². The number of amides is 1. The van der Waals surface area contributed by atoms with Gasteiger partial charge in [0.1, 0.15) is 0 Å². The summed E-state index contributed by atoms with van der Waals surface area (Å²) in [4.78, 5) is 16.1. The highest BCUT2D eigenvalue weighted by Crippen LogP contribution is 1.98. The van der Waals surface area contributed by atoms with Crippen molar-refractivity contribution >= 4 is 5.91 Å². The smallest absolute Gasteiger partial charge is 0.236 e. The molecule has 0 spiro atoms. The quantitative estimate of drug-likeness (QED) is 0.545. The molecular weight excluding hydrogens is 212 g/mol. The zero-order valence-corrected chi connectivity index (χ0v) is 11.3. The van der Waals surface area contributed by atoms with Gasteiger partial charge in [0.2, 0.25) is 5.91 Å². The van der Waals surface area contributed by atoms with Crippen molar-refractivity contribution in [1.29, 1.82) is 0 Å². The predicted octanol–water partition coefficient (Wildman–Crippen LogP) is 2.31. The molecule has 0 atom stereocenters. The van der Waals surface area contributed by atoms with E-state index in [2.05, 4.69) is 27.0 Å². The monoisotopic (exact) mass is 238 g/mol. The summed E-state index contributed by atoms with van der Waals surface area (Å²) in [6, 6.07) is 0. The second kappa shape index (κ2) is 10.1. The Balaban J connectivity index is 4.31. The zero-order valence-electron chi connectivity index (χ0n) is 11.3. The van der Waals surface area contributed by atoms with Crippen molar-refractivity contribution in [2.24, 2.45) is 0 Å². The van der Waals surface area contributed by atoms with E-state index in [1.54, 1.807) is 0 Å². The Labute approximate surface area is 106 Å². The summed E-state index contributed by atoms with van der Waals surface area (Å²) in [6.45, 7) is 15.2. The Morgan fingerprint density at radius 2 is 1.53 bits per heavy atom. The molecule has 0 aromatic rings. The van der Waals surface area contributed by atoms with E-state index in [1.807, 2.05) is 22.0 Å². The molecule has 0 bridgehead atoms. The van der Waals surface area contributed by atoms with Gasteiger partial charge in [0, 0.05) is 26.2 Å². The van der Waals surface area contributed by atoms with Crippen molar-refractivity contribution in [3.63, 3.8) is 0 Å². The van der Waals surface area contributed by atoms with Crippen LogP contribution < -0.4 is 0 Å². The third-order valence-corrected chi connectivity index (χ3v) is 2.47. The second-order valence-electron chi connectivity index (χ2n) is 4.15. The molecule has 0 rings (SSSR count). The van der Waals surface area contributed by atoms with Crippen LogP contribution in [0.3, 0.4) is 0 Å². The lowest BCUT2D eigenvalue weighted by Gasteiger charge is -2.25. The molecular formula is C14H26N2O. The van der Waals surface area contributed by atoms with Crippen LogP contribution in [0.25, 0.3) is 0 Å². The number of hydrogen-bond donors (Lipinski definition) is 0. The molecule has 0 saturated heterocycles. The minimum absolute atomic E-state index is 0.206. The highest BCUT2D eigenvalue weighted by Gasteiger charge is 2.14. The van der Waals surface area contributed by atoms with Crippen LogP contribution in [0.2, 0.25) is 0 Å². The van der Waals surface area contributed by atoms with Gasteiger partial charge in [-0.3, -0.25) is 9.69 Å². The summed E-state index contributed by atoms with van der Waals surface area (Å²) in [7, 11) is 0. The average Bonchev–Trinajstić information content (AvgIpc) is 2.29. The van der Waals surface area contributed by atoms with Crippen molar-refractivity contribution in [2.45, 2.75) is 26.7 Å². The zero-order chi connectivity index (χ0) is 13.1. The Hall–Kier alpha value is -1.09. The summed E-state index contributed by atoms with van der Waals surface area (Å²) < 4.78 is 0. The van der Waals surface area contributed by atoms with Crippen LogP contribution in [0.4, 0.5) is 0 Å². The van der Waals surface area contributed by atoms with Crippen LogP contribution >= 0.6 is 0 Å². The minimum Gasteiger partial charge on any atom is -0.342 e. The van der Waals surface area contributed by atoms with E-state index in [9.17, 15) is 4.79 Å². The van der Waals surface area contributed by atoms with Crippen LogP contribution in [0.15, 0.2) is 25.3 Å². The number of nitrogens with zero attached hydrogens (tertiary/aromatic N) is 2. The predicted molar refractivity (Wildman–Crippen MR) is 74.0 cm³/mol. The molecule has 3 heteroatoms. The fourth-order valence-electron chi connectivity index (χ4n) is 1.76. The van der Waals surface area contributed by atoms with Crippen molar-refractivity contribution in [3.8, 4) is 0 Å². The number of hydrogen-bond acceptors (Lipinski definition) is 2. The number of carbonyl (C=O) groups is 1. The summed E-state index contributed by atoms with van der Waals surface area (Å²) in [5, 5.41) is 0. The maximum Gasteiger partial charge on any atom is 0.236 e. The molecule has 17 heavy (non-hydrogen) atoms. The molecule has 0 aliphatic carbocycles. The standard InChI is InChI=1S/C14H26N2O/c1-5-9-15(10-6-2)13-14(17)16(11-7-3)12-8-4/h5-6H,1-2,7-13H2,3-4H3. The average molecular weight is 238 g/mol. The molecule has 0 unspecified atom stereocenters. The van der Waals surface area contributed by atoms with Crippen LogP contribution in [-0.2, 0) is 4.79 Å². The van der Waals surface area contributed by atoms with E-state index in [0.717, 1.165) is 39.0 Å². The molecule has 98 valence electrons. The van der Waals surface area contributed by atoms with E-state index in [4.69, 9.17) is 0 Å². The molecule has 1 amide bonds. The van der Waals surface area contributed by atoms with E-state index in [1.165, 1.54) is 0 Å². The highest BCUT2D eigenvalue weighted by atomic mass is 16.2. The van der Waals surface area contributed by atoms with Crippen LogP contribution in [0.5, 0.6) is 0 Å². The SMILES string of the molecule is C=CCN(CC=C)CC(=O)N(CCC)CCC. The summed E-state index contributed by atoms with van der Waals surface area (Å²) in [6.07, 6.45) is 5.66. The summed E-state index contributed by atoms with van der Waals surface area (Å²) >= 11 is 0. The Bertz CT molecular complexity index is 222. The fourth-order valence-corrected chi connectivity index (χ4v) is 1.76. The van der Waals surface area contributed by atoms with E-state index < -0.39 is 0 Å². The molecule has 3 nitrogen and oxygen atoms in total. The molecule has 0 aromatic carbocycles.